The quantitative estimate of drug-likeness (QED) is 0.411. The van der Waals surface area contributed by atoms with Gasteiger partial charge in [0, 0.05) is 10.4 Å². The van der Waals surface area contributed by atoms with Gasteiger partial charge in [-0.15, -0.1) is 11.3 Å². The summed E-state index contributed by atoms with van der Waals surface area (Å²) in [6.45, 7) is 2.16. The molecule has 0 bridgehead atoms. The molecule has 6 rings (SSSR count). The normalized spacial score (nSPS) is 16.3. The Morgan fingerprint density at radius 2 is 1.88 bits per heavy atom. The molecule has 0 radical (unpaired) electrons. The second-order valence-electron chi connectivity index (χ2n) is 8.22. The third kappa shape index (κ3) is 3.78. The number of carbonyl (C=O) groups is 2. The van der Waals surface area contributed by atoms with Crippen LogP contribution in [0.5, 0.6) is 11.5 Å². The number of nitrogens with one attached hydrogen (secondary N) is 2. The number of nitrogens with zero attached hydrogens (tertiary/aromatic N) is 2. The Kier molecular flexibility index (Phi) is 5.19. The molecule has 1 aliphatic carbocycles. The molecule has 3 heterocycles. The number of rotatable bonds is 4. The average Bonchev–Trinajstić information content (AvgIpc) is 3.56. The van der Waals surface area contributed by atoms with Crippen molar-refractivity contribution in [2.45, 2.75) is 32.1 Å². The lowest BCUT2D eigenvalue weighted by molar-refractivity contribution is -0.117. The summed E-state index contributed by atoms with van der Waals surface area (Å²) in [5.74, 6) is 0.405. The van der Waals surface area contributed by atoms with Crippen LogP contribution in [0.25, 0.3) is 10.2 Å². The second kappa shape index (κ2) is 8.37. The van der Waals surface area contributed by atoms with Crippen LogP contribution >= 0.6 is 22.7 Å². The zero-order chi connectivity index (χ0) is 23.2. The lowest BCUT2D eigenvalue weighted by atomic mass is 9.90. The largest absolute Gasteiger partial charge is 0.454 e. The van der Waals surface area contributed by atoms with Gasteiger partial charge in [-0.25, -0.2) is 9.97 Å². The molecule has 2 N–H and O–H groups in total. The number of hydrogen-bond donors (Lipinski definition) is 2. The van der Waals surface area contributed by atoms with E-state index < -0.39 is 0 Å². The summed E-state index contributed by atoms with van der Waals surface area (Å²) in [6.07, 6.45) is 2.45. The summed E-state index contributed by atoms with van der Waals surface area (Å²) in [6, 6.07) is 11.1. The predicted molar refractivity (Wildman–Crippen MR) is 131 cm³/mol. The molecule has 2 amide bonds. The Bertz CT molecular complexity index is 1440. The number of fused-ring (bicyclic) bond motifs is 3. The maximum Gasteiger partial charge on any atom is 0.257 e. The van der Waals surface area contributed by atoms with E-state index in [0.717, 1.165) is 39.2 Å². The van der Waals surface area contributed by atoms with E-state index >= 15 is 0 Å². The third-order valence-corrected chi connectivity index (χ3v) is 7.96. The maximum absolute atomic E-state index is 13.2. The van der Waals surface area contributed by atoms with Gasteiger partial charge in [-0.2, -0.15) is 0 Å². The van der Waals surface area contributed by atoms with E-state index in [9.17, 15) is 9.59 Å². The first kappa shape index (κ1) is 21.1. The first-order chi connectivity index (χ1) is 16.5. The number of carbonyl (C=O) groups excluding carboxylic acids is 2. The molecule has 2 aromatic carbocycles. The Balaban J connectivity index is 1.20. The highest BCUT2D eigenvalue weighted by atomic mass is 32.1. The Morgan fingerprint density at radius 3 is 2.76 bits per heavy atom. The summed E-state index contributed by atoms with van der Waals surface area (Å²) in [7, 11) is 0. The molecule has 172 valence electrons. The highest BCUT2D eigenvalue weighted by molar-refractivity contribution is 7.22. The molecular formula is C24H20N4O4S2. The number of hydrogen-bond acceptors (Lipinski definition) is 8. The molecule has 2 aromatic heterocycles. The lowest BCUT2D eigenvalue weighted by Crippen LogP contribution is -2.24. The minimum atomic E-state index is -0.371. The molecule has 1 aliphatic heterocycles. The van der Waals surface area contributed by atoms with Crippen LogP contribution in [0.4, 0.5) is 10.3 Å². The van der Waals surface area contributed by atoms with Crippen molar-refractivity contribution >= 4 is 55.0 Å². The number of aromatic nitrogens is 2. The van der Waals surface area contributed by atoms with Crippen LogP contribution in [0, 0.1) is 6.92 Å². The summed E-state index contributed by atoms with van der Waals surface area (Å²) in [5.41, 5.74) is 3.19. The van der Waals surface area contributed by atoms with Gasteiger partial charge >= 0.3 is 0 Å². The number of aryl methyl sites for hydroxylation is 2. The smallest absolute Gasteiger partial charge is 0.257 e. The topological polar surface area (TPSA) is 102 Å². The predicted octanol–water partition coefficient (Wildman–Crippen LogP) is 5.10. The molecule has 8 nitrogen and oxygen atoms in total. The molecular weight excluding hydrogens is 472 g/mol. The van der Waals surface area contributed by atoms with Crippen LogP contribution < -0.4 is 20.1 Å². The molecule has 2 aliphatic rings. The van der Waals surface area contributed by atoms with Crippen LogP contribution in [0.1, 0.15) is 45.3 Å². The van der Waals surface area contributed by atoms with Crippen molar-refractivity contribution in [2.24, 2.45) is 0 Å². The number of benzene rings is 2. The fourth-order valence-corrected chi connectivity index (χ4v) is 6.27. The highest BCUT2D eigenvalue weighted by Gasteiger charge is 2.31. The number of thiazole rings is 2. The van der Waals surface area contributed by atoms with E-state index in [-0.39, 0.29) is 24.5 Å². The van der Waals surface area contributed by atoms with Crippen molar-refractivity contribution in [1.29, 1.82) is 0 Å². The Labute approximate surface area is 203 Å². The minimum absolute atomic E-state index is 0.114. The van der Waals surface area contributed by atoms with Crippen LogP contribution in [0.3, 0.4) is 0 Å². The average molecular weight is 493 g/mol. The molecule has 4 aromatic rings. The first-order valence-corrected chi connectivity index (χ1v) is 12.6. The monoisotopic (exact) mass is 492 g/mol. The van der Waals surface area contributed by atoms with E-state index in [4.69, 9.17) is 9.47 Å². The molecule has 0 spiro atoms. The van der Waals surface area contributed by atoms with E-state index in [1.165, 1.54) is 22.7 Å². The SMILES string of the molecule is Cc1cccc2sc(NC(=O)C3CCCc4sc(NC(=O)c5ccc6c(c5)OCO6)nc43)nc12. The number of ether oxygens (including phenoxy) is 2. The van der Waals surface area contributed by atoms with E-state index in [1.54, 1.807) is 18.2 Å². The molecule has 1 unspecified atom stereocenters. The molecule has 0 saturated heterocycles. The van der Waals surface area contributed by atoms with Gasteiger partial charge in [0.2, 0.25) is 12.7 Å². The van der Waals surface area contributed by atoms with Gasteiger partial charge in [-0.3, -0.25) is 14.9 Å². The number of anilines is 2. The third-order valence-electron chi connectivity index (χ3n) is 5.98. The lowest BCUT2D eigenvalue weighted by Gasteiger charge is -2.19. The summed E-state index contributed by atoms with van der Waals surface area (Å²) >= 11 is 2.89. The van der Waals surface area contributed by atoms with Gasteiger partial charge in [0.15, 0.2) is 21.8 Å². The maximum atomic E-state index is 13.2. The van der Waals surface area contributed by atoms with Crippen LogP contribution in [0.15, 0.2) is 36.4 Å². The van der Waals surface area contributed by atoms with Crippen LogP contribution in [-0.4, -0.2) is 28.6 Å². The summed E-state index contributed by atoms with van der Waals surface area (Å²) < 4.78 is 11.7. The van der Waals surface area contributed by atoms with Crippen molar-refractivity contribution in [3.63, 3.8) is 0 Å². The number of amides is 2. The van der Waals surface area contributed by atoms with E-state index in [0.29, 0.717) is 33.7 Å². The van der Waals surface area contributed by atoms with Gasteiger partial charge in [0.25, 0.3) is 5.91 Å². The Morgan fingerprint density at radius 1 is 1.03 bits per heavy atom. The van der Waals surface area contributed by atoms with Gasteiger partial charge in [0.05, 0.1) is 21.8 Å². The van der Waals surface area contributed by atoms with Crippen molar-refractivity contribution in [1.82, 2.24) is 9.97 Å². The van der Waals surface area contributed by atoms with Crippen molar-refractivity contribution in [3.8, 4) is 11.5 Å². The van der Waals surface area contributed by atoms with Gasteiger partial charge < -0.3 is 14.8 Å². The molecule has 34 heavy (non-hydrogen) atoms. The summed E-state index contributed by atoms with van der Waals surface area (Å²) in [4.78, 5) is 36.2. The molecule has 1 atom stereocenters. The number of para-hydroxylation sites is 1. The first-order valence-electron chi connectivity index (χ1n) is 10.9. The molecule has 0 fully saturated rings. The molecule has 0 saturated carbocycles. The zero-order valence-electron chi connectivity index (χ0n) is 18.2. The minimum Gasteiger partial charge on any atom is -0.454 e. The van der Waals surface area contributed by atoms with E-state index in [1.807, 2.05) is 25.1 Å². The van der Waals surface area contributed by atoms with Crippen molar-refractivity contribution in [2.75, 3.05) is 17.4 Å². The zero-order valence-corrected chi connectivity index (χ0v) is 19.8. The Hall–Kier alpha value is -3.50. The fraction of sp³-hybridized carbons (Fsp3) is 0.250. The second-order valence-corrected chi connectivity index (χ2v) is 10.3. The highest BCUT2D eigenvalue weighted by Crippen LogP contribution is 2.38. The van der Waals surface area contributed by atoms with Crippen LogP contribution in [0.2, 0.25) is 0 Å². The van der Waals surface area contributed by atoms with Gasteiger partial charge in [0.1, 0.15) is 0 Å². The van der Waals surface area contributed by atoms with Gasteiger partial charge in [-0.1, -0.05) is 23.5 Å². The van der Waals surface area contributed by atoms with Crippen LogP contribution in [-0.2, 0) is 11.2 Å². The standard InChI is InChI=1S/C24H20N4O4S2/c1-12-4-2-6-17-19(12)25-23(33-17)28-22(30)14-5-3-7-18-20(14)26-24(34-18)27-21(29)13-8-9-15-16(10-13)32-11-31-15/h2,4,6,8-10,14H,3,5,7,11H2,1H3,(H,25,28,30)(H,26,27,29). The van der Waals surface area contributed by atoms with Crippen molar-refractivity contribution < 1.29 is 19.1 Å². The van der Waals surface area contributed by atoms with E-state index in [2.05, 4.69) is 20.6 Å². The van der Waals surface area contributed by atoms with Crippen molar-refractivity contribution in [3.05, 3.63) is 58.1 Å². The molecule has 10 heteroatoms. The summed E-state index contributed by atoms with van der Waals surface area (Å²) in [5, 5.41) is 6.94. The van der Waals surface area contributed by atoms with Gasteiger partial charge in [-0.05, 0) is 56.0 Å². The fourth-order valence-electron chi connectivity index (χ4n) is 4.27.